The number of para-hydroxylation sites is 1. The number of ether oxygens (including phenoxy) is 1. The number of aromatic nitrogens is 2. The third-order valence-corrected chi connectivity index (χ3v) is 3.88. The summed E-state index contributed by atoms with van der Waals surface area (Å²) in [5.74, 6) is 0.942. The van der Waals surface area contributed by atoms with E-state index in [-0.39, 0.29) is 5.97 Å². The Labute approximate surface area is 135 Å². The van der Waals surface area contributed by atoms with Crippen LogP contribution in [0.1, 0.15) is 25.3 Å². The lowest BCUT2D eigenvalue weighted by Gasteiger charge is -2.03. The molecule has 118 valence electrons. The number of carbonyl (C=O) groups excluding carboxylic acids is 1. The number of hydrogen-bond donors (Lipinski definition) is 1. The number of fused-ring (bicyclic) bond motifs is 1. The minimum Gasteiger partial charge on any atom is -0.466 e. The van der Waals surface area contributed by atoms with Gasteiger partial charge in [-0.25, -0.2) is 9.55 Å². The molecule has 0 saturated heterocycles. The average molecular weight is 309 g/mol. The topological polar surface area (TPSA) is 46.0 Å². The summed E-state index contributed by atoms with van der Waals surface area (Å²) in [6, 6.07) is 14.3. The Kier molecular flexibility index (Phi) is 4.71. The van der Waals surface area contributed by atoms with E-state index in [0.717, 1.165) is 24.2 Å². The van der Waals surface area contributed by atoms with Gasteiger partial charge in [-0.1, -0.05) is 24.3 Å². The van der Waals surface area contributed by atoms with E-state index in [0.29, 0.717) is 13.0 Å². The maximum atomic E-state index is 11.6. The summed E-state index contributed by atoms with van der Waals surface area (Å²) in [5, 5.41) is 1.21. The van der Waals surface area contributed by atoms with Gasteiger partial charge in [0.05, 0.1) is 24.6 Å². The summed E-state index contributed by atoms with van der Waals surface area (Å²) in [4.78, 5) is 15.0. The van der Waals surface area contributed by atoms with Crippen molar-refractivity contribution in [3.05, 3.63) is 60.4 Å². The third-order valence-electron chi connectivity index (χ3n) is 3.88. The fraction of sp³-hybridized carbons (Fsp3) is 0.263. The molecule has 23 heavy (non-hydrogen) atoms. The van der Waals surface area contributed by atoms with E-state index in [1.807, 2.05) is 49.6 Å². The molecule has 0 radical (unpaired) electrons. The first-order valence-electron chi connectivity index (χ1n) is 8.01. The van der Waals surface area contributed by atoms with Crippen molar-refractivity contribution in [3.63, 3.8) is 0 Å². The number of aromatic amines is 1. The monoisotopic (exact) mass is 309 g/mol. The van der Waals surface area contributed by atoms with Crippen LogP contribution < -0.4 is 4.57 Å². The molecule has 0 amide bonds. The van der Waals surface area contributed by atoms with Gasteiger partial charge >= 0.3 is 5.97 Å². The zero-order valence-electron chi connectivity index (χ0n) is 13.3. The zero-order valence-corrected chi connectivity index (χ0v) is 13.3. The summed E-state index contributed by atoms with van der Waals surface area (Å²) >= 11 is 0. The Morgan fingerprint density at radius 3 is 2.70 bits per heavy atom. The Morgan fingerprint density at radius 2 is 1.91 bits per heavy atom. The third kappa shape index (κ3) is 3.42. The molecule has 1 N–H and O–H groups in total. The lowest BCUT2D eigenvalue weighted by molar-refractivity contribution is -0.599. The lowest BCUT2D eigenvalue weighted by Crippen LogP contribution is -2.30. The van der Waals surface area contributed by atoms with Crippen LogP contribution in [0.15, 0.2) is 54.9 Å². The van der Waals surface area contributed by atoms with Gasteiger partial charge in [0.2, 0.25) is 0 Å². The van der Waals surface area contributed by atoms with E-state index in [4.69, 9.17) is 4.74 Å². The molecule has 1 aromatic carbocycles. The predicted molar refractivity (Wildman–Crippen MR) is 89.4 cm³/mol. The highest BCUT2D eigenvalue weighted by Crippen LogP contribution is 2.24. The Morgan fingerprint density at radius 1 is 1.13 bits per heavy atom. The molecule has 0 fully saturated rings. The number of benzene rings is 1. The minimum absolute atomic E-state index is 0.124. The summed E-state index contributed by atoms with van der Waals surface area (Å²) in [6.45, 7) is 2.28. The molecule has 0 aliphatic rings. The van der Waals surface area contributed by atoms with Crippen molar-refractivity contribution < 1.29 is 14.1 Å². The van der Waals surface area contributed by atoms with Gasteiger partial charge in [-0.15, -0.1) is 0 Å². The maximum absolute atomic E-state index is 11.6. The number of carbonyl (C=O) groups is 1. The Hall–Kier alpha value is -2.62. The smallest absolute Gasteiger partial charge is 0.305 e. The number of aryl methyl sites for hydroxylation is 1. The van der Waals surface area contributed by atoms with E-state index in [2.05, 4.69) is 21.7 Å². The standard InChI is InChI=1S/C19H21N2O2/c1-2-23-18(22)12-8-10-16-15-9-4-5-11-17(15)20-19(16)21-13-6-3-7-14-21/h3-7,9,11,13-14,20H,2,8,10,12H2,1H3/q+1. The molecule has 0 unspecified atom stereocenters. The molecule has 0 aliphatic heterocycles. The molecule has 0 bridgehead atoms. The summed E-state index contributed by atoms with van der Waals surface area (Å²) < 4.78 is 7.09. The quantitative estimate of drug-likeness (QED) is 0.561. The van der Waals surface area contributed by atoms with Crippen LogP contribution in [-0.2, 0) is 16.0 Å². The molecular weight excluding hydrogens is 288 g/mol. The zero-order chi connectivity index (χ0) is 16.1. The molecule has 3 aromatic rings. The van der Waals surface area contributed by atoms with Gasteiger partial charge in [-0.3, -0.25) is 4.79 Å². The van der Waals surface area contributed by atoms with E-state index in [1.165, 1.54) is 10.9 Å². The number of rotatable bonds is 6. The van der Waals surface area contributed by atoms with Crippen molar-refractivity contribution in [1.29, 1.82) is 0 Å². The highest BCUT2D eigenvalue weighted by atomic mass is 16.5. The first-order valence-corrected chi connectivity index (χ1v) is 8.01. The summed E-state index contributed by atoms with van der Waals surface area (Å²) in [6.07, 6.45) is 6.12. The fourth-order valence-corrected chi connectivity index (χ4v) is 2.85. The second-order valence-electron chi connectivity index (χ2n) is 5.44. The van der Waals surface area contributed by atoms with Gasteiger partial charge in [0.1, 0.15) is 5.52 Å². The van der Waals surface area contributed by atoms with E-state index >= 15 is 0 Å². The molecule has 0 atom stereocenters. The van der Waals surface area contributed by atoms with Gasteiger partial charge in [0.25, 0.3) is 5.82 Å². The van der Waals surface area contributed by atoms with Crippen molar-refractivity contribution in [2.45, 2.75) is 26.2 Å². The molecule has 0 saturated carbocycles. The maximum Gasteiger partial charge on any atom is 0.305 e. The van der Waals surface area contributed by atoms with Crippen LogP contribution in [0.5, 0.6) is 0 Å². The minimum atomic E-state index is -0.124. The number of esters is 1. The average Bonchev–Trinajstić information content (AvgIpc) is 2.95. The van der Waals surface area contributed by atoms with Gasteiger partial charge in [-0.05, 0) is 38.0 Å². The van der Waals surface area contributed by atoms with Crippen molar-refractivity contribution >= 4 is 16.9 Å². The fourth-order valence-electron chi connectivity index (χ4n) is 2.85. The van der Waals surface area contributed by atoms with Crippen molar-refractivity contribution in [2.75, 3.05) is 6.61 Å². The normalized spacial score (nSPS) is 10.8. The van der Waals surface area contributed by atoms with Crippen LogP contribution in [0.25, 0.3) is 16.7 Å². The molecule has 4 nitrogen and oxygen atoms in total. The number of H-pyrrole nitrogens is 1. The van der Waals surface area contributed by atoms with Crippen LogP contribution in [0.2, 0.25) is 0 Å². The predicted octanol–water partition coefficient (Wildman–Crippen LogP) is 3.33. The second kappa shape index (κ2) is 7.09. The summed E-state index contributed by atoms with van der Waals surface area (Å²) in [7, 11) is 0. The number of pyridine rings is 1. The van der Waals surface area contributed by atoms with Crippen molar-refractivity contribution in [3.8, 4) is 5.82 Å². The van der Waals surface area contributed by atoms with E-state index in [1.54, 1.807) is 0 Å². The van der Waals surface area contributed by atoms with Gasteiger partial charge in [-0.2, -0.15) is 0 Å². The van der Waals surface area contributed by atoms with E-state index in [9.17, 15) is 4.79 Å². The molecule has 0 spiro atoms. The largest absolute Gasteiger partial charge is 0.466 e. The van der Waals surface area contributed by atoms with Crippen LogP contribution in [0.3, 0.4) is 0 Å². The van der Waals surface area contributed by atoms with Gasteiger partial charge in [0.15, 0.2) is 0 Å². The van der Waals surface area contributed by atoms with Crippen LogP contribution in [-0.4, -0.2) is 17.6 Å². The molecule has 3 rings (SSSR count). The molecule has 4 heteroatoms. The highest BCUT2D eigenvalue weighted by molar-refractivity contribution is 5.86. The Balaban J connectivity index is 1.89. The van der Waals surface area contributed by atoms with E-state index < -0.39 is 0 Å². The first kappa shape index (κ1) is 15.3. The van der Waals surface area contributed by atoms with Crippen LogP contribution in [0.4, 0.5) is 0 Å². The second-order valence-corrected chi connectivity index (χ2v) is 5.44. The summed E-state index contributed by atoms with van der Waals surface area (Å²) in [5.41, 5.74) is 2.35. The molecular formula is C19H21N2O2+. The lowest BCUT2D eigenvalue weighted by atomic mass is 10.1. The molecule has 2 aromatic heterocycles. The molecule has 2 heterocycles. The number of nitrogens with zero attached hydrogens (tertiary/aromatic N) is 1. The Bertz CT molecular complexity index is 793. The van der Waals surface area contributed by atoms with Gasteiger partial charge in [0, 0.05) is 11.8 Å². The highest BCUT2D eigenvalue weighted by Gasteiger charge is 2.19. The molecule has 0 aliphatic carbocycles. The van der Waals surface area contributed by atoms with Gasteiger partial charge < -0.3 is 4.74 Å². The van der Waals surface area contributed by atoms with Crippen LogP contribution in [0, 0.1) is 0 Å². The first-order chi connectivity index (χ1) is 11.3. The SMILES string of the molecule is CCOC(=O)CCCc1c(-[n+]2ccccc2)[nH]c2ccccc12. The van der Waals surface area contributed by atoms with Crippen molar-refractivity contribution in [2.24, 2.45) is 0 Å². The van der Waals surface area contributed by atoms with Crippen molar-refractivity contribution in [1.82, 2.24) is 4.98 Å². The number of nitrogens with one attached hydrogen (secondary N) is 1. The van der Waals surface area contributed by atoms with Crippen LogP contribution >= 0.6 is 0 Å². The number of hydrogen-bond acceptors (Lipinski definition) is 2.